The van der Waals surface area contributed by atoms with Gasteiger partial charge in [-0.1, -0.05) is 22.9 Å². The second-order valence-electron chi connectivity index (χ2n) is 9.48. The van der Waals surface area contributed by atoms with E-state index in [0.29, 0.717) is 35.8 Å². The van der Waals surface area contributed by atoms with E-state index in [-0.39, 0.29) is 28.8 Å². The Morgan fingerprint density at radius 2 is 2.08 bits per heavy atom. The minimum absolute atomic E-state index is 0.0343. The summed E-state index contributed by atoms with van der Waals surface area (Å²) in [5.41, 5.74) is 1.37. The second kappa shape index (κ2) is 11.8. The molecule has 1 aliphatic carbocycles. The molecule has 0 unspecified atom stereocenters. The van der Waals surface area contributed by atoms with Crippen molar-refractivity contribution in [2.75, 3.05) is 25.6 Å². The van der Waals surface area contributed by atoms with Crippen molar-refractivity contribution in [1.29, 1.82) is 0 Å². The van der Waals surface area contributed by atoms with Gasteiger partial charge in [0.15, 0.2) is 0 Å². The largest absolute Gasteiger partial charge is 0.477 e. The van der Waals surface area contributed by atoms with Crippen LogP contribution >= 0.6 is 15.9 Å². The molecule has 4 rings (SSSR count). The van der Waals surface area contributed by atoms with Crippen LogP contribution < -0.4 is 15.6 Å². The molecule has 11 nitrogen and oxygen atoms in total. The van der Waals surface area contributed by atoms with Gasteiger partial charge in [0.2, 0.25) is 5.88 Å². The van der Waals surface area contributed by atoms with Crippen LogP contribution in [0.25, 0.3) is 11.1 Å². The van der Waals surface area contributed by atoms with Gasteiger partial charge >= 0.3 is 5.97 Å². The Morgan fingerprint density at radius 3 is 2.76 bits per heavy atom. The fourth-order valence-corrected chi connectivity index (χ4v) is 4.55. The van der Waals surface area contributed by atoms with E-state index in [2.05, 4.69) is 33.3 Å². The number of carbonyl (C=O) groups excluding carboxylic acids is 1. The number of nitro benzene ring substituents is 1. The van der Waals surface area contributed by atoms with Crippen LogP contribution in [0.1, 0.15) is 49.0 Å². The predicted octanol–water partition coefficient (Wildman–Crippen LogP) is 4.95. The number of nitrogens with zero attached hydrogens (tertiary/aromatic N) is 4. The third-order valence-corrected chi connectivity index (χ3v) is 6.91. The van der Waals surface area contributed by atoms with Crippen molar-refractivity contribution in [3.05, 3.63) is 67.2 Å². The number of methoxy groups -OCH3 is 1. The van der Waals surface area contributed by atoms with Gasteiger partial charge in [-0.05, 0) is 49.8 Å². The molecule has 0 bridgehead atoms. The smallest absolute Gasteiger partial charge is 0.339 e. The number of pyridine rings is 1. The average Bonchev–Trinajstić information content (AvgIpc) is 3.65. The number of aromatic nitrogens is 3. The van der Waals surface area contributed by atoms with Gasteiger partial charge in [-0.2, -0.15) is 5.10 Å². The lowest BCUT2D eigenvalue weighted by Crippen LogP contribution is -2.21. The van der Waals surface area contributed by atoms with E-state index in [9.17, 15) is 19.7 Å². The molecule has 1 aliphatic rings. The fourth-order valence-electron chi connectivity index (χ4n) is 4.19. The Kier molecular flexibility index (Phi) is 8.50. The number of hydrogen-bond donors (Lipinski definition) is 1. The number of rotatable bonds is 12. The van der Waals surface area contributed by atoms with Crippen molar-refractivity contribution in [2.24, 2.45) is 13.0 Å². The van der Waals surface area contributed by atoms with Crippen molar-refractivity contribution < 1.29 is 19.2 Å². The summed E-state index contributed by atoms with van der Waals surface area (Å²) in [5, 5.41) is 19.0. The number of anilines is 1. The summed E-state index contributed by atoms with van der Waals surface area (Å²) in [5.74, 6) is 0.214. The minimum atomic E-state index is -0.533. The van der Waals surface area contributed by atoms with Crippen LogP contribution in [0.3, 0.4) is 0 Å². The van der Waals surface area contributed by atoms with E-state index < -0.39 is 10.9 Å². The van der Waals surface area contributed by atoms with Crippen LogP contribution in [-0.2, 0) is 11.8 Å². The molecule has 3 aromatic rings. The third kappa shape index (κ3) is 6.24. The second-order valence-corrected chi connectivity index (χ2v) is 10.4. The highest BCUT2D eigenvalue weighted by Crippen LogP contribution is 2.41. The molecule has 1 saturated carbocycles. The number of halogens is 1. The molecular formula is C26H30BrN5O6. The molecule has 0 spiro atoms. The Balaban J connectivity index is 1.42. The molecule has 202 valence electrons. The van der Waals surface area contributed by atoms with Crippen molar-refractivity contribution in [3.63, 3.8) is 0 Å². The molecule has 38 heavy (non-hydrogen) atoms. The number of nitro groups is 1. The number of ether oxygens (including phenoxy) is 2. The SMILES string of the molecule is COC(=O)c1cc(-c2cnn(C3CC3)c2OCCC[C@@H](C)CNc2cc(Br)ccc2[N+](=O)[O-])c(=O)n(C)c1. The Hall–Kier alpha value is -3.67. The van der Waals surface area contributed by atoms with Gasteiger partial charge in [0, 0.05) is 30.3 Å². The summed E-state index contributed by atoms with van der Waals surface area (Å²) < 4.78 is 15.0. The molecule has 0 radical (unpaired) electrons. The molecular weight excluding hydrogens is 558 g/mol. The van der Waals surface area contributed by atoms with Gasteiger partial charge in [0.25, 0.3) is 11.2 Å². The van der Waals surface area contributed by atoms with Crippen molar-refractivity contribution in [2.45, 2.75) is 38.6 Å². The maximum Gasteiger partial charge on any atom is 0.339 e. The van der Waals surface area contributed by atoms with E-state index in [1.807, 2.05) is 4.68 Å². The molecule has 0 saturated heterocycles. The van der Waals surface area contributed by atoms with Crippen LogP contribution in [0.2, 0.25) is 0 Å². The number of carbonyl (C=O) groups is 1. The molecule has 1 fully saturated rings. The average molecular weight is 588 g/mol. The number of hydrogen-bond acceptors (Lipinski definition) is 8. The molecule has 2 heterocycles. The molecule has 12 heteroatoms. The third-order valence-electron chi connectivity index (χ3n) is 6.41. The topological polar surface area (TPSA) is 131 Å². The van der Waals surface area contributed by atoms with Crippen molar-refractivity contribution in [3.8, 4) is 17.0 Å². The van der Waals surface area contributed by atoms with E-state index in [4.69, 9.17) is 9.47 Å². The first-order valence-corrected chi connectivity index (χ1v) is 13.2. The monoisotopic (exact) mass is 587 g/mol. The van der Waals surface area contributed by atoms with E-state index in [1.165, 1.54) is 30.0 Å². The van der Waals surface area contributed by atoms with Gasteiger partial charge in [-0.3, -0.25) is 14.9 Å². The quantitative estimate of drug-likeness (QED) is 0.136. The summed E-state index contributed by atoms with van der Waals surface area (Å²) in [6.07, 6.45) is 6.59. The molecule has 0 aliphatic heterocycles. The lowest BCUT2D eigenvalue weighted by Gasteiger charge is -2.15. The minimum Gasteiger partial charge on any atom is -0.477 e. The summed E-state index contributed by atoms with van der Waals surface area (Å²) in [7, 11) is 2.88. The van der Waals surface area contributed by atoms with Crippen molar-refractivity contribution in [1.82, 2.24) is 14.3 Å². The standard InChI is InChI=1S/C26H30BrN5O6/c1-16(13-28-22-12-18(27)6-9-23(22)32(35)36)5-4-10-38-25-21(14-29-31(25)19-7-8-19)20-11-17(26(34)37-3)15-30(2)24(20)33/h6,9,11-12,14-16,19,28H,4-5,7-8,10,13H2,1-3H3/t16-/m1/s1. The van der Waals surface area contributed by atoms with Crippen molar-refractivity contribution >= 4 is 33.3 Å². The maximum absolute atomic E-state index is 12.9. The normalized spacial score (nSPS) is 13.7. The zero-order chi connectivity index (χ0) is 27.4. The first-order chi connectivity index (χ1) is 18.2. The Morgan fingerprint density at radius 1 is 1.32 bits per heavy atom. The summed E-state index contributed by atoms with van der Waals surface area (Å²) in [4.78, 5) is 36.0. The zero-order valence-corrected chi connectivity index (χ0v) is 23.1. The number of aryl methyl sites for hydroxylation is 1. The first-order valence-electron chi connectivity index (χ1n) is 12.4. The summed E-state index contributed by atoms with van der Waals surface area (Å²) >= 11 is 3.36. The van der Waals surface area contributed by atoms with E-state index in [1.54, 1.807) is 25.4 Å². The zero-order valence-electron chi connectivity index (χ0n) is 21.5. The maximum atomic E-state index is 12.9. The van der Waals surface area contributed by atoms with Crippen LogP contribution in [0.5, 0.6) is 5.88 Å². The van der Waals surface area contributed by atoms with Gasteiger partial charge in [0.05, 0.1) is 47.6 Å². The van der Waals surface area contributed by atoms with Gasteiger partial charge in [-0.15, -0.1) is 0 Å². The highest BCUT2D eigenvalue weighted by Gasteiger charge is 2.30. The van der Waals surface area contributed by atoms with E-state index in [0.717, 1.165) is 30.2 Å². The molecule has 1 N–H and O–H groups in total. The predicted molar refractivity (Wildman–Crippen MR) is 146 cm³/mol. The summed E-state index contributed by atoms with van der Waals surface area (Å²) in [6, 6.07) is 6.57. The summed E-state index contributed by atoms with van der Waals surface area (Å²) in [6.45, 7) is 3.04. The molecule has 1 aromatic carbocycles. The Labute approximate surface area is 228 Å². The van der Waals surface area contributed by atoms with Gasteiger partial charge < -0.3 is 19.4 Å². The van der Waals surface area contributed by atoms with Gasteiger partial charge in [-0.25, -0.2) is 9.48 Å². The molecule has 1 atom stereocenters. The van der Waals surface area contributed by atoms with Crippen LogP contribution in [0, 0.1) is 16.0 Å². The number of esters is 1. The lowest BCUT2D eigenvalue weighted by atomic mass is 10.1. The number of benzene rings is 1. The highest BCUT2D eigenvalue weighted by molar-refractivity contribution is 9.10. The fraction of sp³-hybridized carbons (Fsp3) is 0.423. The van der Waals surface area contributed by atoms with Gasteiger partial charge in [0.1, 0.15) is 5.69 Å². The lowest BCUT2D eigenvalue weighted by molar-refractivity contribution is -0.384. The Bertz CT molecular complexity index is 1400. The van der Waals surface area contributed by atoms with Crippen LogP contribution in [-0.4, -0.2) is 45.5 Å². The molecule has 2 aromatic heterocycles. The van der Waals surface area contributed by atoms with E-state index >= 15 is 0 Å². The highest BCUT2D eigenvalue weighted by atomic mass is 79.9. The molecule has 0 amide bonds. The first kappa shape index (κ1) is 27.4. The number of nitrogens with one attached hydrogen (secondary N) is 1. The van der Waals surface area contributed by atoms with Crippen LogP contribution in [0.4, 0.5) is 11.4 Å². The van der Waals surface area contributed by atoms with Crippen LogP contribution in [0.15, 0.2) is 45.9 Å².